The quantitative estimate of drug-likeness (QED) is 0.653. The molecule has 1 aromatic heterocycles. The third kappa shape index (κ3) is 3.04. The van der Waals surface area contributed by atoms with E-state index in [1.807, 2.05) is 12.1 Å². The van der Waals surface area contributed by atoms with Crippen LogP contribution in [-0.4, -0.2) is 10.7 Å². The fraction of sp³-hybridized carbons (Fsp3) is 0.0667. The van der Waals surface area contributed by atoms with Crippen LogP contribution in [0.3, 0.4) is 0 Å². The number of aromatic nitrogens is 1. The summed E-state index contributed by atoms with van der Waals surface area (Å²) in [5.74, 6) is -0.491. The molecule has 1 heterocycles. The first-order valence-corrected chi connectivity index (χ1v) is 5.80. The van der Waals surface area contributed by atoms with Gasteiger partial charge in [-0.1, -0.05) is 12.1 Å². The van der Waals surface area contributed by atoms with Crippen LogP contribution in [0.15, 0.2) is 42.7 Å². The lowest BCUT2D eigenvalue weighted by atomic mass is 10.0. The fourth-order valence-corrected chi connectivity index (χ4v) is 1.72. The molecule has 0 aliphatic rings. The van der Waals surface area contributed by atoms with E-state index in [0.717, 1.165) is 11.1 Å². The molecular formula is C15H14FN3. The van der Waals surface area contributed by atoms with Gasteiger partial charge in [-0.2, -0.15) is 0 Å². The number of allylic oxidation sites excluding steroid dienone is 1. The van der Waals surface area contributed by atoms with Gasteiger partial charge in [0.15, 0.2) is 0 Å². The summed E-state index contributed by atoms with van der Waals surface area (Å²) in [5.41, 5.74) is 7.85. The molecule has 0 amide bonds. The van der Waals surface area contributed by atoms with Gasteiger partial charge < -0.3 is 11.1 Å². The van der Waals surface area contributed by atoms with Crippen LogP contribution in [0.1, 0.15) is 16.7 Å². The largest absolute Gasteiger partial charge is 0.396 e. The van der Waals surface area contributed by atoms with Crippen molar-refractivity contribution in [1.29, 1.82) is 5.41 Å². The van der Waals surface area contributed by atoms with E-state index in [2.05, 4.69) is 4.98 Å². The maximum atomic E-state index is 13.5. The predicted octanol–water partition coefficient (Wildman–Crippen LogP) is 3.19. The van der Waals surface area contributed by atoms with Crippen LogP contribution in [0.25, 0.3) is 6.08 Å². The molecular weight excluding hydrogens is 241 g/mol. The summed E-state index contributed by atoms with van der Waals surface area (Å²) in [6, 6.07) is 6.74. The van der Waals surface area contributed by atoms with Crippen molar-refractivity contribution < 1.29 is 4.39 Å². The van der Waals surface area contributed by atoms with Crippen molar-refractivity contribution in [2.45, 2.75) is 6.92 Å². The molecule has 1 aromatic carbocycles. The molecule has 19 heavy (non-hydrogen) atoms. The molecule has 2 aromatic rings. The van der Waals surface area contributed by atoms with Crippen LogP contribution >= 0.6 is 0 Å². The zero-order chi connectivity index (χ0) is 13.8. The third-order valence-electron chi connectivity index (χ3n) is 2.69. The van der Waals surface area contributed by atoms with E-state index in [4.69, 9.17) is 11.1 Å². The summed E-state index contributed by atoms with van der Waals surface area (Å²) in [5, 5.41) is 7.96. The SMILES string of the molecule is Cc1cc(F)c(N)c(C(=N)/C=C/c2cccnc2)c1. The molecule has 3 nitrogen and oxygen atoms in total. The Morgan fingerprint density at radius 2 is 2.21 bits per heavy atom. The summed E-state index contributed by atoms with van der Waals surface area (Å²) < 4.78 is 13.5. The number of aryl methyl sites for hydroxylation is 1. The Balaban J connectivity index is 2.28. The molecule has 0 atom stereocenters. The minimum absolute atomic E-state index is 0.00596. The second-order valence-electron chi connectivity index (χ2n) is 4.24. The van der Waals surface area contributed by atoms with Crippen molar-refractivity contribution in [3.8, 4) is 0 Å². The molecule has 0 aliphatic carbocycles. The number of nitrogen functional groups attached to an aromatic ring is 1. The maximum Gasteiger partial charge on any atom is 0.147 e. The van der Waals surface area contributed by atoms with Gasteiger partial charge in [-0.15, -0.1) is 0 Å². The number of nitrogens with one attached hydrogen (secondary N) is 1. The van der Waals surface area contributed by atoms with Gasteiger partial charge in [0.1, 0.15) is 5.82 Å². The molecule has 96 valence electrons. The van der Waals surface area contributed by atoms with E-state index in [0.29, 0.717) is 5.56 Å². The number of anilines is 1. The Bertz CT molecular complexity index is 633. The number of hydrogen-bond acceptors (Lipinski definition) is 3. The first kappa shape index (κ1) is 13.0. The highest BCUT2D eigenvalue weighted by molar-refractivity contribution is 6.11. The molecule has 0 radical (unpaired) electrons. The molecule has 0 saturated carbocycles. The van der Waals surface area contributed by atoms with E-state index < -0.39 is 5.82 Å². The average molecular weight is 255 g/mol. The van der Waals surface area contributed by atoms with Crippen molar-refractivity contribution in [2.24, 2.45) is 0 Å². The number of halogens is 1. The van der Waals surface area contributed by atoms with Crippen LogP contribution in [0, 0.1) is 18.2 Å². The molecule has 0 unspecified atom stereocenters. The van der Waals surface area contributed by atoms with Gasteiger partial charge in [-0.25, -0.2) is 4.39 Å². The minimum atomic E-state index is -0.491. The van der Waals surface area contributed by atoms with Gasteiger partial charge in [0, 0.05) is 18.0 Å². The Hall–Kier alpha value is -2.49. The number of rotatable bonds is 3. The highest BCUT2D eigenvalue weighted by atomic mass is 19.1. The lowest BCUT2D eigenvalue weighted by molar-refractivity contribution is 0.631. The number of nitrogens with two attached hydrogens (primary N) is 1. The summed E-state index contributed by atoms with van der Waals surface area (Å²) in [4.78, 5) is 3.97. The Kier molecular flexibility index (Phi) is 3.71. The first-order valence-electron chi connectivity index (χ1n) is 5.80. The predicted molar refractivity (Wildman–Crippen MR) is 75.6 cm³/mol. The van der Waals surface area contributed by atoms with Crippen molar-refractivity contribution in [3.63, 3.8) is 0 Å². The molecule has 0 saturated heterocycles. The first-order chi connectivity index (χ1) is 9.08. The lowest BCUT2D eigenvalue weighted by Gasteiger charge is -2.06. The van der Waals surface area contributed by atoms with Gasteiger partial charge in [-0.05, 0) is 42.3 Å². The van der Waals surface area contributed by atoms with Gasteiger partial charge in [0.2, 0.25) is 0 Å². The molecule has 4 heteroatoms. The summed E-state index contributed by atoms with van der Waals surface area (Å²) in [7, 11) is 0. The zero-order valence-corrected chi connectivity index (χ0v) is 10.5. The maximum absolute atomic E-state index is 13.5. The normalized spacial score (nSPS) is 10.8. The van der Waals surface area contributed by atoms with Gasteiger partial charge in [0.25, 0.3) is 0 Å². The second kappa shape index (κ2) is 5.44. The molecule has 0 bridgehead atoms. The Morgan fingerprint density at radius 1 is 1.42 bits per heavy atom. The van der Waals surface area contributed by atoms with E-state index in [1.165, 1.54) is 6.07 Å². The molecule has 2 rings (SSSR count). The summed E-state index contributed by atoms with van der Waals surface area (Å²) in [6.07, 6.45) is 6.69. The van der Waals surface area contributed by atoms with Gasteiger partial charge in [-0.3, -0.25) is 4.98 Å². The van der Waals surface area contributed by atoms with E-state index in [9.17, 15) is 4.39 Å². The van der Waals surface area contributed by atoms with Gasteiger partial charge >= 0.3 is 0 Å². The van der Waals surface area contributed by atoms with Crippen LogP contribution in [0.2, 0.25) is 0 Å². The Labute approximate surface area is 111 Å². The zero-order valence-electron chi connectivity index (χ0n) is 10.5. The highest BCUT2D eigenvalue weighted by Crippen LogP contribution is 2.19. The van der Waals surface area contributed by atoms with Crippen LogP contribution in [0.5, 0.6) is 0 Å². The fourth-order valence-electron chi connectivity index (χ4n) is 1.72. The van der Waals surface area contributed by atoms with E-state index >= 15 is 0 Å². The number of benzene rings is 1. The Morgan fingerprint density at radius 3 is 2.89 bits per heavy atom. The van der Waals surface area contributed by atoms with Crippen LogP contribution < -0.4 is 5.73 Å². The minimum Gasteiger partial charge on any atom is -0.396 e. The topological polar surface area (TPSA) is 62.8 Å². The third-order valence-corrected chi connectivity index (χ3v) is 2.69. The van der Waals surface area contributed by atoms with Gasteiger partial charge in [0.05, 0.1) is 11.4 Å². The number of pyridine rings is 1. The number of nitrogens with zero attached hydrogens (tertiary/aromatic N) is 1. The van der Waals surface area contributed by atoms with Crippen molar-refractivity contribution >= 4 is 17.5 Å². The summed E-state index contributed by atoms with van der Waals surface area (Å²) in [6.45, 7) is 1.77. The van der Waals surface area contributed by atoms with E-state index in [-0.39, 0.29) is 11.4 Å². The number of hydrogen-bond donors (Lipinski definition) is 2. The van der Waals surface area contributed by atoms with Crippen molar-refractivity contribution in [2.75, 3.05) is 5.73 Å². The van der Waals surface area contributed by atoms with Crippen LogP contribution in [-0.2, 0) is 0 Å². The summed E-state index contributed by atoms with van der Waals surface area (Å²) >= 11 is 0. The standard InChI is InChI=1S/C15H14FN3/c1-10-7-12(15(18)13(16)8-10)14(17)5-4-11-3-2-6-19-9-11/h2-9,17H,18H2,1H3/b5-4+,17-14?. The molecule has 0 spiro atoms. The monoisotopic (exact) mass is 255 g/mol. The highest BCUT2D eigenvalue weighted by Gasteiger charge is 2.08. The second-order valence-corrected chi connectivity index (χ2v) is 4.24. The molecule has 0 fully saturated rings. The van der Waals surface area contributed by atoms with E-state index in [1.54, 1.807) is 37.5 Å². The average Bonchev–Trinajstić information content (AvgIpc) is 2.41. The molecule has 3 N–H and O–H groups in total. The van der Waals surface area contributed by atoms with Crippen LogP contribution in [0.4, 0.5) is 10.1 Å². The smallest absolute Gasteiger partial charge is 0.147 e. The van der Waals surface area contributed by atoms with Crippen molar-refractivity contribution in [3.05, 3.63) is 65.2 Å². The lowest BCUT2D eigenvalue weighted by Crippen LogP contribution is -2.04. The van der Waals surface area contributed by atoms with Crippen molar-refractivity contribution in [1.82, 2.24) is 4.98 Å². The molecule has 0 aliphatic heterocycles.